The Hall–Kier alpha value is -1.49. The smallest absolute Gasteiger partial charge is 0.200 e. The second kappa shape index (κ2) is 10.2. The van der Waals surface area contributed by atoms with Gasteiger partial charge in [-0.3, -0.25) is 4.79 Å². The normalized spacial score (nSPS) is 15.7. The van der Waals surface area contributed by atoms with Crippen molar-refractivity contribution >= 4 is 24.9 Å². The maximum atomic E-state index is 13.2. The summed E-state index contributed by atoms with van der Waals surface area (Å²) in [4.78, 5) is 13.2. The fourth-order valence-corrected chi connectivity index (χ4v) is 10.8. The zero-order valence-corrected chi connectivity index (χ0v) is 21.0. The highest BCUT2D eigenvalue weighted by Gasteiger charge is 2.45. The van der Waals surface area contributed by atoms with Gasteiger partial charge in [-0.2, -0.15) is 0 Å². The number of ketones is 1. The van der Waals surface area contributed by atoms with Crippen LogP contribution in [-0.4, -0.2) is 25.8 Å². The Kier molecular flexibility index (Phi) is 8.43. The molecule has 0 saturated carbocycles. The van der Waals surface area contributed by atoms with Gasteiger partial charge in [-0.25, -0.2) is 0 Å². The summed E-state index contributed by atoms with van der Waals surface area (Å²) in [6, 6.07) is 13.9. The maximum Gasteiger partial charge on any atom is 0.200 e. The molecule has 0 bridgehead atoms. The van der Waals surface area contributed by atoms with Gasteiger partial charge >= 0.3 is 0 Å². The van der Waals surface area contributed by atoms with E-state index in [-0.39, 0.29) is 11.7 Å². The standard InChI is InChI=1S/C26H40O3Si/c1-17(2)30(18(3)4,19(5)6)29-16-20(7)25(27)21(8)26(28)24-15-11-13-22-12-9-10-14-23(22)24/h9-15,17-21,26,28H,16H2,1-8H3/t20-,21+,26+/m0/s1. The van der Waals surface area contributed by atoms with Gasteiger partial charge in [0.1, 0.15) is 5.78 Å². The lowest BCUT2D eigenvalue weighted by atomic mass is 9.86. The molecular formula is C26H40O3Si. The van der Waals surface area contributed by atoms with E-state index in [4.69, 9.17) is 4.43 Å². The topological polar surface area (TPSA) is 46.5 Å². The molecular weight excluding hydrogens is 388 g/mol. The molecule has 30 heavy (non-hydrogen) atoms. The quantitative estimate of drug-likeness (QED) is 0.418. The van der Waals surface area contributed by atoms with Crippen LogP contribution < -0.4 is 0 Å². The Morgan fingerprint density at radius 2 is 1.40 bits per heavy atom. The summed E-state index contributed by atoms with van der Waals surface area (Å²) < 4.78 is 6.64. The number of rotatable bonds is 10. The summed E-state index contributed by atoms with van der Waals surface area (Å²) in [5.74, 6) is -0.662. The van der Waals surface area contributed by atoms with Crippen molar-refractivity contribution in [1.82, 2.24) is 0 Å². The van der Waals surface area contributed by atoms with Crippen LogP contribution in [-0.2, 0) is 9.22 Å². The average molecular weight is 429 g/mol. The molecule has 0 aliphatic heterocycles. The number of fused-ring (bicyclic) bond motifs is 1. The van der Waals surface area contributed by atoms with Crippen LogP contribution in [0, 0.1) is 11.8 Å². The van der Waals surface area contributed by atoms with E-state index in [1.165, 1.54) is 0 Å². The first-order valence-corrected chi connectivity index (χ1v) is 13.5. The molecule has 0 heterocycles. The van der Waals surface area contributed by atoms with Crippen LogP contribution in [0.15, 0.2) is 42.5 Å². The molecule has 0 aliphatic carbocycles. The van der Waals surface area contributed by atoms with Gasteiger partial charge in [-0.1, -0.05) is 97.9 Å². The highest BCUT2D eigenvalue weighted by atomic mass is 28.4. The van der Waals surface area contributed by atoms with Crippen LogP contribution in [0.5, 0.6) is 0 Å². The van der Waals surface area contributed by atoms with Gasteiger partial charge in [0.05, 0.1) is 6.10 Å². The zero-order chi connectivity index (χ0) is 22.6. The predicted molar refractivity (Wildman–Crippen MR) is 129 cm³/mol. The van der Waals surface area contributed by atoms with Crippen LogP contribution in [0.4, 0.5) is 0 Å². The van der Waals surface area contributed by atoms with Gasteiger partial charge in [0.25, 0.3) is 0 Å². The second-order valence-electron chi connectivity index (χ2n) is 9.73. The fraction of sp³-hybridized carbons (Fsp3) is 0.577. The minimum absolute atomic E-state index is 0.0644. The van der Waals surface area contributed by atoms with Crippen LogP contribution in [0.25, 0.3) is 10.8 Å². The van der Waals surface area contributed by atoms with Gasteiger partial charge in [0.2, 0.25) is 0 Å². The van der Waals surface area contributed by atoms with Crippen molar-refractivity contribution in [1.29, 1.82) is 0 Å². The van der Waals surface area contributed by atoms with E-state index in [1.54, 1.807) is 0 Å². The van der Waals surface area contributed by atoms with Crippen molar-refractivity contribution in [2.24, 2.45) is 11.8 Å². The summed E-state index contributed by atoms with van der Waals surface area (Å²) >= 11 is 0. The van der Waals surface area contributed by atoms with Gasteiger partial charge in [0.15, 0.2) is 8.32 Å². The SMILES string of the molecule is CC(C)[Si](OC[C@H](C)C(=O)[C@@H](C)[C@@H](O)c1cccc2ccccc12)(C(C)C)C(C)C. The van der Waals surface area contributed by atoms with Crippen molar-refractivity contribution in [3.8, 4) is 0 Å². The Labute approximate surface area is 184 Å². The number of benzene rings is 2. The van der Waals surface area contributed by atoms with Crippen molar-refractivity contribution < 1.29 is 14.3 Å². The van der Waals surface area contributed by atoms with Gasteiger partial charge < -0.3 is 9.53 Å². The summed E-state index contributed by atoms with van der Waals surface area (Å²) in [5.41, 5.74) is 2.27. The molecule has 2 rings (SSSR count). The second-order valence-corrected chi connectivity index (χ2v) is 15.2. The Bertz CT molecular complexity index is 816. The molecule has 3 atom stereocenters. The Balaban J connectivity index is 2.17. The van der Waals surface area contributed by atoms with Gasteiger partial charge in [-0.15, -0.1) is 0 Å². The maximum absolute atomic E-state index is 13.2. The molecule has 1 N–H and O–H groups in total. The Morgan fingerprint density at radius 3 is 1.97 bits per heavy atom. The molecule has 0 spiro atoms. The third-order valence-electron chi connectivity index (χ3n) is 6.84. The minimum Gasteiger partial charge on any atom is -0.415 e. The summed E-state index contributed by atoms with van der Waals surface area (Å²) in [5, 5.41) is 13.1. The summed E-state index contributed by atoms with van der Waals surface area (Å²) in [6.45, 7) is 17.7. The van der Waals surface area contributed by atoms with Crippen LogP contribution in [0.1, 0.15) is 67.1 Å². The van der Waals surface area contributed by atoms with Crippen LogP contribution in [0.2, 0.25) is 16.6 Å². The first kappa shape index (κ1) is 24.8. The van der Waals surface area contributed by atoms with Gasteiger partial charge in [-0.05, 0) is 33.0 Å². The highest BCUT2D eigenvalue weighted by molar-refractivity contribution is 6.77. The highest BCUT2D eigenvalue weighted by Crippen LogP contribution is 2.42. The lowest BCUT2D eigenvalue weighted by Gasteiger charge is -2.42. The predicted octanol–water partition coefficient (Wildman–Crippen LogP) is 6.91. The molecule has 166 valence electrons. The Morgan fingerprint density at radius 1 is 0.867 bits per heavy atom. The molecule has 0 amide bonds. The first-order chi connectivity index (χ1) is 14.0. The van der Waals surface area contributed by atoms with E-state index >= 15 is 0 Å². The molecule has 0 aromatic heterocycles. The summed E-state index contributed by atoms with van der Waals surface area (Å²) in [6.07, 6.45) is -0.826. The van der Waals surface area contributed by atoms with Crippen LogP contribution in [0.3, 0.4) is 0 Å². The minimum atomic E-state index is -2.01. The number of aliphatic hydroxyl groups excluding tert-OH is 1. The van der Waals surface area contributed by atoms with Crippen LogP contribution >= 0.6 is 0 Å². The molecule has 0 unspecified atom stereocenters. The third-order valence-corrected chi connectivity index (χ3v) is 12.9. The summed E-state index contributed by atoms with van der Waals surface area (Å²) in [7, 11) is -2.01. The number of Topliss-reactive ketones (excluding diaryl/α,β-unsaturated/α-hetero) is 1. The monoisotopic (exact) mass is 428 g/mol. The molecule has 0 fully saturated rings. The van der Waals surface area contributed by atoms with E-state index < -0.39 is 20.3 Å². The van der Waals surface area contributed by atoms with Crippen molar-refractivity contribution in [2.45, 2.75) is 78.1 Å². The molecule has 4 heteroatoms. The molecule has 0 aliphatic rings. The lowest BCUT2D eigenvalue weighted by molar-refractivity contribution is -0.130. The van der Waals surface area contributed by atoms with Gasteiger partial charge in [0, 0.05) is 18.4 Å². The van der Waals surface area contributed by atoms with E-state index in [0.717, 1.165) is 16.3 Å². The van der Waals surface area contributed by atoms with E-state index in [9.17, 15) is 9.90 Å². The molecule has 2 aromatic carbocycles. The molecule has 0 saturated heterocycles. The number of hydrogen-bond donors (Lipinski definition) is 1. The average Bonchev–Trinajstić information content (AvgIpc) is 2.71. The third kappa shape index (κ3) is 4.87. The molecule has 2 aromatic rings. The van der Waals surface area contributed by atoms with Crippen molar-refractivity contribution in [2.75, 3.05) is 6.61 Å². The molecule has 0 radical (unpaired) electrons. The van der Waals surface area contributed by atoms with E-state index in [2.05, 4.69) is 41.5 Å². The van der Waals surface area contributed by atoms with Crippen molar-refractivity contribution in [3.63, 3.8) is 0 Å². The van der Waals surface area contributed by atoms with Crippen molar-refractivity contribution in [3.05, 3.63) is 48.0 Å². The number of carbonyl (C=O) groups is 1. The fourth-order valence-electron chi connectivity index (χ4n) is 5.23. The van der Waals surface area contributed by atoms with E-state index in [1.807, 2.05) is 56.3 Å². The largest absolute Gasteiger partial charge is 0.415 e. The molecule has 3 nitrogen and oxygen atoms in total. The number of aliphatic hydroxyl groups is 1. The first-order valence-electron chi connectivity index (χ1n) is 11.4. The van der Waals surface area contributed by atoms with E-state index in [0.29, 0.717) is 23.2 Å². The number of carbonyl (C=O) groups excluding carboxylic acids is 1. The zero-order valence-electron chi connectivity index (χ0n) is 20.0. The lowest BCUT2D eigenvalue weighted by Crippen LogP contribution is -2.49. The number of hydrogen-bond acceptors (Lipinski definition) is 3.